The molecule has 0 amide bonds. The summed E-state index contributed by atoms with van der Waals surface area (Å²) >= 11 is 0. The van der Waals surface area contributed by atoms with Gasteiger partial charge in [-0.15, -0.1) is 0 Å². The van der Waals surface area contributed by atoms with E-state index < -0.39 is 0 Å². The lowest BCUT2D eigenvalue weighted by Gasteiger charge is -2.29. The molecule has 0 radical (unpaired) electrons. The Kier molecular flexibility index (Phi) is 2.04. The number of hydrogen-bond acceptors (Lipinski definition) is 1. The summed E-state index contributed by atoms with van der Waals surface area (Å²) < 4.78 is 0. The average Bonchev–Trinajstić information content (AvgIpc) is 2.66. The normalized spacial score (nSPS) is 27.6. The predicted octanol–water partition coefficient (Wildman–Crippen LogP) is 2.19. The highest BCUT2D eigenvalue weighted by atomic mass is 16.3. The summed E-state index contributed by atoms with van der Waals surface area (Å²) in [5.74, 6) is 1.06. The first-order chi connectivity index (χ1) is 4.59. The summed E-state index contributed by atoms with van der Waals surface area (Å²) in [5, 5.41) is 9.92. The van der Waals surface area contributed by atoms with Crippen molar-refractivity contribution in [2.45, 2.75) is 45.6 Å². The Labute approximate surface area is 63.4 Å². The Balaban J connectivity index is 2.47. The third-order valence-corrected chi connectivity index (χ3v) is 3.01. The number of hydrogen-bond donors (Lipinski definition) is 1. The van der Waals surface area contributed by atoms with E-state index in [9.17, 15) is 5.11 Å². The first-order valence-corrected chi connectivity index (χ1v) is 4.31. The van der Waals surface area contributed by atoms with Gasteiger partial charge in [0.15, 0.2) is 0 Å². The van der Waals surface area contributed by atoms with Crippen molar-refractivity contribution in [3.63, 3.8) is 0 Å². The molecular formula is C9H18O. The molecule has 10 heavy (non-hydrogen) atoms. The van der Waals surface area contributed by atoms with Crippen molar-refractivity contribution in [3.8, 4) is 0 Å². The summed E-state index contributed by atoms with van der Waals surface area (Å²) in [6.07, 6.45) is 3.55. The number of rotatable bonds is 3. The smallest absolute Gasteiger partial charge is 0.0673 e. The fourth-order valence-electron chi connectivity index (χ4n) is 1.48. The molecule has 1 nitrogen and oxygen atoms in total. The fourth-order valence-corrected chi connectivity index (χ4v) is 1.48. The van der Waals surface area contributed by atoms with E-state index in [-0.39, 0.29) is 5.60 Å². The SMILES string of the molecule is CCC(C)C(C)(O)C1CC1. The zero-order valence-electron chi connectivity index (χ0n) is 7.22. The third kappa shape index (κ3) is 1.34. The molecule has 1 fully saturated rings. The van der Waals surface area contributed by atoms with Crippen LogP contribution in [0.15, 0.2) is 0 Å². The monoisotopic (exact) mass is 142 g/mol. The summed E-state index contributed by atoms with van der Waals surface area (Å²) in [5.41, 5.74) is -0.380. The molecule has 0 aromatic carbocycles. The zero-order valence-corrected chi connectivity index (χ0v) is 7.22. The van der Waals surface area contributed by atoms with Crippen molar-refractivity contribution >= 4 is 0 Å². The van der Waals surface area contributed by atoms with E-state index in [1.807, 2.05) is 6.92 Å². The molecule has 1 aliphatic carbocycles. The van der Waals surface area contributed by atoms with E-state index >= 15 is 0 Å². The van der Waals surface area contributed by atoms with Gasteiger partial charge >= 0.3 is 0 Å². The van der Waals surface area contributed by atoms with Crippen LogP contribution in [-0.4, -0.2) is 10.7 Å². The second-order valence-corrected chi connectivity index (χ2v) is 3.81. The zero-order chi connectivity index (χ0) is 7.78. The lowest BCUT2D eigenvalue weighted by Crippen LogP contribution is -2.34. The molecule has 1 aliphatic rings. The van der Waals surface area contributed by atoms with Gasteiger partial charge in [-0.3, -0.25) is 0 Å². The topological polar surface area (TPSA) is 20.2 Å². The molecular weight excluding hydrogens is 124 g/mol. The maximum atomic E-state index is 9.92. The largest absolute Gasteiger partial charge is 0.390 e. The van der Waals surface area contributed by atoms with Gasteiger partial charge in [-0.25, -0.2) is 0 Å². The van der Waals surface area contributed by atoms with Crippen LogP contribution in [0.4, 0.5) is 0 Å². The van der Waals surface area contributed by atoms with Crippen LogP contribution < -0.4 is 0 Å². The van der Waals surface area contributed by atoms with Crippen LogP contribution >= 0.6 is 0 Å². The van der Waals surface area contributed by atoms with Crippen LogP contribution in [0.25, 0.3) is 0 Å². The Bertz CT molecular complexity index is 114. The molecule has 2 unspecified atom stereocenters. The van der Waals surface area contributed by atoms with Crippen LogP contribution in [0.2, 0.25) is 0 Å². The Morgan fingerprint density at radius 2 is 2.10 bits per heavy atom. The van der Waals surface area contributed by atoms with Crippen molar-refractivity contribution in [1.82, 2.24) is 0 Å². The maximum absolute atomic E-state index is 9.92. The molecule has 2 atom stereocenters. The molecule has 0 aromatic rings. The third-order valence-electron chi connectivity index (χ3n) is 3.01. The van der Waals surface area contributed by atoms with Crippen LogP contribution in [0.3, 0.4) is 0 Å². The average molecular weight is 142 g/mol. The van der Waals surface area contributed by atoms with Crippen molar-refractivity contribution in [3.05, 3.63) is 0 Å². The van der Waals surface area contributed by atoms with Gasteiger partial charge in [0.25, 0.3) is 0 Å². The van der Waals surface area contributed by atoms with Crippen molar-refractivity contribution in [2.24, 2.45) is 11.8 Å². The van der Waals surface area contributed by atoms with E-state index in [2.05, 4.69) is 13.8 Å². The van der Waals surface area contributed by atoms with Gasteiger partial charge in [0.05, 0.1) is 5.60 Å². The van der Waals surface area contributed by atoms with Gasteiger partial charge in [0.2, 0.25) is 0 Å². The standard InChI is InChI=1S/C9H18O/c1-4-7(2)9(3,10)8-5-6-8/h7-8,10H,4-6H2,1-3H3. The van der Waals surface area contributed by atoms with Gasteiger partial charge in [0, 0.05) is 0 Å². The lowest BCUT2D eigenvalue weighted by atomic mass is 9.84. The molecule has 1 saturated carbocycles. The summed E-state index contributed by atoms with van der Waals surface area (Å²) in [6, 6.07) is 0. The molecule has 0 saturated heterocycles. The van der Waals surface area contributed by atoms with E-state index in [4.69, 9.17) is 0 Å². The van der Waals surface area contributed by atoms with Crippen molar-refractivity contribution in [1.29, 1.82) is 0 Å². The first kappa shape index (κ1) is 8.06. The molecule has 1 rings (SSSR count). The molecule has 0 spiro atoms. The van der Waals surface area contributed by atoms with Gasteiger partial charge in [0.1, 0.15) is 0 Å². The molecule has 0 aliphatic heterocycles. The van der Waals surface area contributed by atoms with Crippen molar-refractivity contribution < 1.29 is 5.11 Å². The highest BCUT2D eigenvalue weighted by Gasteiger charge is 2.42. The first-order valence-electron chi connectivity index (χ1n) is 4.31. The summed E-state index contributed by atoms with van der Waals surface area (Å²) in [7, 11) is 0. The quantitative estimate of drug-likeness (QED) is 0.640. The van der Waals surface area contributed by atoms with Crippen molar-refractivity contribution in [2.75, 3.05) is 0 Å². The Morgan fingerprint density at radius 1 is 1.60 bits per heavy atom. The van der Waals surface area contributed by atoms with Crippen LogP contribution in [0, 0.1) is 11.8 Å². The molecule has 60 valence electrons. The van der Waals surface area contributed by atoms with Crippen LogP contribution in [-0.2, 0) is 0 Å². The molecule has 0 heterocycles. The second-order valence-electron chi connectivity index (χ2n) is 3.81. The van der Waals surface area contributed by atoms with Gasteiger partial charge in [-0.05, 0) is 31.6 Å². The van der Waals surface area contributed by atoms with E-state index in [1.165, 1.54) is 12.8 Å². The highest BCUT2D eigenvalue weighted by Crippen LogP contribution is 2.43. The van der Waals surface area contributed by atoms with E-state index in [0.717, 1.165) is 6.42 Å². The van der Waals surface area contributed by atoms with E-state index in [1.54, 1.807) is 0 Å². The van der Waals surface area contributed by atoms with Crippen LogP contribution in [0.5, 0.6) is 0 Å². The number of aliphatic hydroxyl groups is 1. The second kappa shape index (κ2) is 2.54. The fraction of sp³-hybridized carbons (Fsp3) is 1.00. The molecule has 1 heteroatoms. The maximum Gasteiger partial charge on any atom is 0.0673 e. The van der Waals surface area contributed by atoms with Gasteiger partial charge < -0.3 is 5.11 Å². The highest BCUT2D eigenvalue weighted by molar-refractivity contribution is 4.93. The minimum Gasteiger partial charge on any atom is -0.390 e. The minimum absolute atomic E-state index is 0.380. The van der Waals surface area contributed by atoms with E-state index in [0.29, 0.717) is 11.8 Å². The molecule has 0 aromatic heterocycles. The molecule has 1 N–H and O–H groups in total. The summed E-state index contributed by atoms with van der Waals surface area (Å²) in [6.45, 7) is 6.26. The minimum atomic E-state index is -0.380. The molecule has 0 bridgehead atoms. The lowest BCUT2D eigenvalue weighted by molar-refractivity contribution is -0.0163. The van der Waals surface area contributed by atoms with Crippen LogP contribution in [0.1, 0.15) is 40.0 Å². The Morgan fingerprint density at radius 3 is 2.40 bits per heavy atom. The summed E-state index contributed by atoms with van der Waals surface area (Å²) in [4.78, 5) is 0. The Hall–Kier alpha value is -0.0400. The van der Waals surface area contributed by atoms with Gasteiger partial charge in [-0.2, -0.15) is 0 Å². The van der Waals surface area contributed by atoms with Gasteiger partial charge in [-0.1, -0.05) is 20.3 Å². The predicted molar refractivity (Wildman–Crippen MR) is 42.8 cm³/mol.